The number of rotatable bonds is 3. The van der Waals surface area contributed by atoms with Crippen molar-refractivity contribution in [2.75, 3.05) is 5.75 Å². The minimum Gasteiger partial charge on any atom is -0.300 e. The molecule has 0 unspecified atom stereocenters. The SMILES string of the molecule is O=C1CC(c2ccc(S(=O)(=O)CC(F)(F)F)cc2)C1. The standard InChI is InChI=1S/C12H11F3O3S/c13-12(14,15)7-19(17,18)11-3-1-8(2-4-11)9-5-10(16)6-9/h1-4,9H,5-7H2. The zero-order valence-corrected chi connectivity index (χ0v) is 10.6. The summed E-state index contributed by atoms with van der Waals surface area (Å²) < 4.78 is 59.4. The molecule has 1 aliphatic rings. The Morgan fingerprint density at radius 1 is 1.11 bits per heavy atom. The molecule has 0 aromatic heterocycles. The van der Waals surface area contributed by atoms with Crippen LogP contribution in [0, 0.1) is 0 Å². The van der Waals surface area contributed by atoms with Crippen LogP contribution in [0.2, 0.25) is 0 Å². The summed E-state index contributed by atoms with van der Waals surface area (Å²) >= 11 is 0. The quantitative estimate of drug-likeness (QED) is 0.860. The Morgan fingerprint density at radius 3 is 2.05 bits per heavy atom. The maximum Gasteiger partial charge on any atom is 0.403 e. The van der Waals surface area contributed by atoms with Gasteiger partial charge < -0.3 is 0 Å². The molecule has 104 valence electrons. The fourth-order valence-corrected chi connectivity index (χ4v) is 3.12. The lowest BCUT2D eigenvalue weighted by Crippen LogP contribution is -2.23. The third-order valence-electron chi connectivity index (χ3n) is 3.01. The van der Waals surface area contributed by atoms with Crippen molar-refractivity contribution in [3.05, 3.63) is 29.8 Å². The molecule has 0 spiro atoms. The highest BCUT2D eigenvalue weighted by Crippen LogP contribution is 2.34. The summed E-state index contributed by atoms with van der Waals surface area (Å²) in [5.74, 6) is -1.66. The van der Waals surface area contributed by atoms with Crippen molar-refractivity contribution in [1.29, 1.82) is 0 Å². The first-order valence-electron chi connectivity index (χ1n) is 5.58. The lowest BCUT2D eigenvalue weighted by atomic mass is 9.79. The van der Waals surface area contributed by atoms with Gasteiger partial charge in [0.05, 0.1) is 4.90 Å². The zero-order valence-electron chi connectivity index (χ0n) is 9.77. The normalized spacial score (nSPS) is 17.3. The number of hydrogen-bond acceptors (Lipinski definition) is 3. The van der Waals surface area contributed by atoms with Crippen molar-refractivity contribution in [3.63, 3.8) is 0 Å². The molecule has 7 heteroatoms. The Hall–Kier alpha value is -1.37. The van der Waals surface area contributed by atoms with E-state index in [1.54, 1.807) is 0 Å². The molecule has 0 radical (unpaired) electrons. The molecular formula is C12H11F3O3S. The van der Waals surface area contributed by atoms with Crippen LogP contribution in [0.1, 0.15) is 24.3 Å². The molecule has 0 N–H and O–H groups in total. The Bertz CT molecular complexity index is 580. The first kappa shape index (κ1) is 14.0. The van der Waals surface area contributed by atoms with Gasteiger partial charge in [-0.15, -0.1) is 0 Å². The molecule has 0 bridgehead atoms. The van der Waals surface area contributed by atoms with E-state index in [-0.39, 0.29) is 16.6 Å². The third-order valence-corrected chi connectivity index (χ3v) is 4.71. The number of ketones is 1. The van der Waals surface area contributed by atoms with Gasteiger partial charge in [-0.05, 0) is 23.6 Å². The second kappa shape index (κ2) is 4.63. The van der Waals surface area contributed by atoms with Gasteiger partial charge in [0.25, 0.3) is 0 Å². The van der Waals surface area contributed by atoms with Crippen LogP contribution in [0.3, 0.4) is 0 Å². The summed E-state index contributed by atoms with van der Waals surface area (Å²) in [6.07, 6.45) is -3.93. The van der Waals surface area contributed by atoms with Crippen LogP contribution in [0.15, 0.2) is 29.2 Å². The minimum atomic E-state index is -4.75. The molecule has 1 aliphatic carbocycles. The molecule has 1 aromatic carbocycles. The molecule has 1 aromatic rings. The van der Waals surface area contributed by atoms with E-state index in [4.69, 9.17) is 0 Å². The van der Waals surface area contributed by atoms with Gasteiger partial charge in [-0.3, -0.25) is 4.79 Å². The lowest BCUT2D eigenvalue weighted by molar-refractivity contribution is -0.124. The van der Waals surface area contributed by atoms with E-state index in [0.29, 0.717) is 12.8 Å². The summed E-state index contributed by atoms with van der Waals surface area (Å²) in [4.78, 5) is 10.5. The summed E-state index contributed by atoms with van der Waals surface area (Å²) in [5.41, 5.74) is 0.783. The number of benzene rings is 1. The van der Waals surface area contributed by atoms with Crippen LogP contribution in [0.5, 0.6) is 0 Å². The first-order valence-corrected chi connectivity index (χ1v) is 7.24. The van der Waals surface area contributed by atoms with E-state index in [2.05, 4.69) is 0 Å². The predicted octanol–water partition coefficient (Wildman–Crippen LogP) is 2.47. The number of carbonyl (C=O) groups is 1. The van der Waals surface area contributed by atoms with Crippen molar-refractivity contribution in [3.8, 4) is 0 Å². The molecule has 0 saturated heterocycles. The van der Waals surface area contributed by atoms with Crippen LogP contribution in [0.25, 0.3) is 0 Å². The molecule has 3 nitrogen and oxygen atoms in total. The van der Waals surface area contributed by atoms with Crippen molar-refractivity contribution in [2.24, 2.45) is 0 Å². The van der Waals surface area contributed by atoms with Crippen LogP contribution in [-0.4, -0.2) is 26.1 Å². The monoisotopic (exact) mass is 292 g/mol. The molecule has 1 fully saturated rings. The molecule has 2 rings (SSSR count). The summed E-state index contributed by atoms with van der Waals surface area (Å²) in [5, 5.41) is 0. The number of Topliss-reactive ketones (excluding diaryl/α,β-unsaturated/α-hetero) is 1. The van der Waals surface area contributed by atoms with Gasteiger partial charge in [-0.1, -0.05) is 12.1 Å². The molecular weight excluding hydrogens is 281 g/mol. The zero-order chi connectivity index (χ0) is 14.3. The Kier molecular flexibility index (Phi) is 3.42. The van der Waals surface area contributed by atoms with Gasteiger partial charge >= 0.3 is 6.18 Å². The van der Waals surface area contributed by atoms with Gasteiger partial charge in [-0.2, -0.15) is 13.2 Å². The summed E-state index contributed by atoms with van der Waals surface area (Å²) in [6, 6.07) is 5.28. The molecule has 19 heavy (non-hydrogen) atoms. The van der Waals surface area contributed by atoms with E-state index >= 15 is 0 Å². The largest absolute Gasteiger partial charge is 0.403 e. The average Bonchev–Trinajstić information content (AvgIpc) is 2.22. The Labute approximate surface area is 108 Å². The van der Waals surface area contributed by atoms with E-state index in [1.165, 1.54) is 24.3 Å². The number of sulfone groups is 1. The van der Waals surface area contributed by atoms with Crippen LogP contribution < -0.4 is 0 Å². The Balaban J connectivity index is 2.16. The van der Waals surface area contributed by atoms with Crippen molar-refractivity contribution < 1.29 is 26.4 Å². The lowest BCUT2D eigenvalue weighted by Gasteiger charge is -2.24. The average molecular weight is 292 g/mol. The highest BCUT2D eigenvalue weighted by molar-refractivity contribution is 7.91. The van der Waals surface area contributed by atoms with Crippen LogP contribution in [0.4, 0.5) is 13.2 Å². The molecule has 0 atom stereocenters. The van der Waals surface area contributed by atoms with Gasteiger partial charge in [0, 0.05) is 12.8 Å². The van der Waals surface area contributed by atoms with Crippen LogP contribution in [-0.2, 0) is 14.6 Å². The number of carbonyl (C=O) groups excluding carboxylic acids is 1. The van der Waals surface area contributed by atoms with E-state index < -0.39 is 21.8 Å². The molecule has 0 aliphatic heterocycles. The first-order chi connectivity index (χ1) is 8.67. The van der Waals surface area contributed by atoms with Crippen LogP contribution >= 0.6 is 0 Å². The van der Waals surface area contributed by atoms with E-state index in [1.807, 2.05) is 0 Å². The summed E-state index contributed by atoms with van der Waals surface area (Å²) in [7, 11) is -4.35. The minimum absolute atomic E-state index is 0.0619. The maximum atomic E-state index is 12.1. The van der Waals surface area contributed by atoms with Crippen molar-refractivity contribution in [2.45, 2.75) is 29.8 Å². The highest BCUT2D eigenvalue weighted by Gasteiger charge is 2.36. The van der Waals surface area contributed by atoms with Gasteiger partial charge in [0.15, 0.2) is 15.6 Å². The highest BCUT2D eigenvalue weighted by atomic mass is 32.2. The Morgan fingerprint density at radius 2 is 1.63 bits per heavy atom. The second-order valence-corrected chi connectivity index (χ2v) is 6.58. The van der Waals surface area contributed by atoms with Gasteiger partial charge in [-0.25, -0.2) is 8.42 Å². The maximum absolute atomic E-state index is 12.1. The van der Waals surface area contributed by atoms with Gasteiger partial charge in [0.2, 0.25) is 0 Å². The summed E-state index contributed by atoms with van der Waals surface area (Å²) in [6.45, 7) is 0. The molecule has 1 saturated carbocycles. The fraction of sp³-hybridized carbons (Fsp3) is 0.417. The van der Waals surface area contributed by atoms with E-state index in [9.17, 15) is 26.4 Å². The topological polar surface area (TPSA) is 51.2 Å². The van der Waals surface area contributed by atoms with E-state index in [0.717, 1.165) is 5.56 Å². The second-order valence-electron chi connectivity index (χ2n) is 4.59. The fourth-order valence-electron chi connectivity index (χ4n) is 1.97. The molecule has 0 heterocycles. The number of halogens is 3. The smallest absolute Gasteiger partial charge is 0.300 e. The number of hydrogen-bond donors (Lipinski definition) is 0. The third kappa shape index (κ3) is 3.34. The predicted molar refractivity (Wildman–Crippen MR) is 61.5 cm³/mol. The molecule has 0 amide bonds. The number of alkyl halides is 3. The van der Waals surface area contributed by atoms with Crippen molar-refractivity contribution in [1.82, 2.24) is 0 Å². The van der Waals surface area contributed by atoms with Crippen molar-refractivity contribution >= 4 is 15.6 Å². The van der Waals surface area contributed by atoms with Gasteiger partial charge in [0.1, 0.15) is 5.78 Å².